The third-order valence-corrected chi connectivity index (χ3v) is 5.38. The Hall–Kier alpha value is -2.61. The van der Waals surface area contributed by atoms with Crippen molar-refractivity contribution in [1.82, 2.24) is 15.3 Å². The molecule has 3 N–H and O–H groups in total. The lowest BCUT2D eigenvalue weighted by Gasteiger charge is -2.33. The highest BCUT2D eigenvalue weighted by atomic mass is 35.5. The Morgan fingerprint density at radius 2 is 1.83 bits per heavy atom. The van der Waals surface area contributed by atoms with Crippen LogP contribution in [0, 0.1) is 13.8 Å². The number of halogens is 3. The Labute approximate surface area is 171 Å². The van der Waals surface area contributed by atoms with Crippen LogP contribution in [0.3, 0.4) is 0 Å². The van der Waals surface area contributed by atoms with Gasteiger partial charge in [0.15, 0.2) is 0 Å². The van der Waals surface area contributed by atoms with E-state index in [1.165, 1.54) is 0 Å². The number of hydrogen-bond donors (Lipinski definition) is 2. The van der Waals surface area contributed by atoms with E-state index in [4.69, 9.17) is 22.1 Å². The van der Waals surface area contributed by atoms with Crippen molar-refractivity contribution in [2.24, 2.45) is 5.73 Å². The number of benzene rings is 1. The summed E-state index contributed by atoms with van der Waals surface area (Å²) in [5.41, 5.74) is 9.90. The molecule has 0 radical (unpaired) electrons. The van der Waals surface area contributed by atoms with E-state index in [2.05, 4.69) is 15.3 Å². The van der Waals surface area contributed by atoms with Crippen LogP contribution in [0.25, 0.3) is 0 Å². The van der Waals surface area contributed by atoms with E-state index in [0.29, 0.717) is 22.0 Å². The summed E-state index contributed by atoms with van der Waals surface area (Å²) in [6, 6.07) is 11.0. The van der Waals surface area contributed by atoms with Crippen LogP contribution in [-0.4, -0.2) is 16.6 Å². The molecule has 5 nitrogen and oxygen atoms in total. The van der Waals surface area contributed by atoms with E-state index >= 15 is 0 Å². The molecule has 0 aliphatic carbocycles. The van der Waals surface area contributed by atoms with Gasteiger partial charge in [-0.25, -0.2) is 4.98 Å². The van der Waals surface area contributed by atoms with Crippen molar-refractivity contribution in [2.75, 3.05) is 0 Å². The number of pyridine rings is 2. The minimum absolute atomic E-state index is 0.167. The quantitative estimate of drug-likeness (QED) is 0.623. The monoisotopic (exact) mass is 416 g/mol. The Balaban J connectivity index is 1.99. The van der Waals surface area contributed by atoms with Gasteiger partial charge >= 0.3 is 6.61 Å². The highest BCUT2D eigenvalue weighted by Crippen LogP contribution is 2.46. The molecule has 2 atom stereocenters. The Morgan fingerprint density at radius 3 is 2.48 bits per heavy atom. The van der Waals surface area contributed by atoms with Gasteiger partial charge in [-0.3, -0.25) is 10.3 Å². The van der Waals surface area contributed by atoms with Gasteiger partial charge in [0.2, 0.25) is 0 Å². The average Bonchev–Trinajstić information content (AvgIpc) is 2.98. The topological polar surface area (TPSA) is 73.1 Å². The molecule has 0 spiro atoms. The van der Waals surface area contributed by atoms with Gasteiger partial charge in [-0.1, -0.05) is 17.7 Å². The van der Waals surface area contributed by atoms with Crippen LogP contribution < -0.4 is 15.8 Å². The van der Waals surface area contributed by atoms with E-state index in [1.807, 2.05) is 30.3 Å². The number of aryl methyl sites for hydroxylation is 2. The van der Waals surface area contributed by atoms with E-state index in [0.717, 1.165) is 16.7 Å². The van der Waals surface area contributed by atoms with Crippen molar-refractivity contribution in [3.05, 3.63) is 87.5 Å². The van der Waals surface area contributed by atoms with Gasteiger partial charge in [0.05, 0.1) is 11.2 Å². The van der Waals surface area contributed by atoms with Crippen molar-refractivity contribution < 1.29 is 13.5 Å². The fourth-order valence-electron chi connectivity index (χ4n) is 4.08. The molecule has 1 aliphatic heterocycles. The van der Waals surface area contributed by atoms with Gasteiger partial charge < -0.3 is 10.5 Å². The number of aromatic nitrogens is 2. The number of ether oxygens (including phenoxy) is 1. The highest BCUT2D eigenvalue weighted by Gasteiger charge is 2.46. The molecule has 0 amide bonds. The molecule has 0 bridgehead atoms. The van der Waals surface area contributed by atoms with E-state index in [1.54, 1.807) is 32.3 Å². The second-order valence-corrected chi connectivity index (χ2v) is 7.38. The number of nitrogens with zero attached hydrogens (tertiary/aromatic N) is 2. The molecule has 2 unspecified atom stereocenters. The second-order valence-electron chi connectivity index (χ2n) is 6.99. The lowest BCUT2D eigenvalue weighted by Crippen LogP contribution is -2.42. The summed E-state index contributed by atoms with van der Waals surface area (Å²) in [5.74, 6) is 0.167. The first-order valence-electron chi connectivity index (χ1n) is 9.00. The molecular weight excluding hydrogens is 398 g/mol. The van der Waals surface area contributed by atoms with E-state index in [9.17, 15) is 8.78 Å². The molecule has 29 heavy (non-hydrogen) atoms. The largest absolute Gasteiger partial charge is 0.434 e. The van der Waals surface area contributed by atoms with Gasteiger partial charge in [0, 0.05) is 18.0 Å². The summed E-state index contributed by atoms with van der Waals surface area (Å²) in [4.78, 5) is 8.53. The summed E-state index contributed by atoms with van der Waals surface area (Å²) in [6.45, 7) is 0.579. The lowest BCUT2D eigenvalue weighted by molar-refractivity contribution is -0.0507. The molecule has 0 saturated heterocycles. The predicted octanol–water partition coefficient (Wildman–Crippen LogP) is 4.20. The van der Waals surface area contributed by atoms with Crippen molar-refractivity contribution in [3.63, 3.8) is 0 Å². The first kappa shape index (κ1) is 19.7. The lowest BCUT2D eigenvalue weighted by atomic mass is 9.78. The Kier molecular flexibility index (Phi) is 4.98. The van der Waals surface area contributed by atoms with Crippen LogP contribution in [0.2, 0.25) is 5.15 Å². The number of nitrogens with one attached hydrogen (secondary N) is 1. The number of hydrogen-bond acceptors (Lipinski definition) is 5. The van der Waals surface area contributed by atoms with Gasteiger partial charge in [0.1, 0.15) is 17.1 Å². The van der Waals surface area contributed by atoms with Crippen LogP contribution in [0.5, 0.6) is 5.75 Å². The zero-order valence-electron chi connectivity index (χ0n) is 15.8. The van der Waals surface area contributed by atoms with Crippen LogP contribution in [0.15, 0.2) is 48.8 Å². The normalized spacial score (nSPS) is 20.7. The van der Waals surface area contributed by atoms with Crippen molar-refractivity contribution >= 4 is 11.6 Å². The number of nitrogens with two attached hydrogens (primary N) is 1. The van der Waals surface area contributed by atoms with Crippen molar-refractivity contribution in [2.45, 2.75) is 32.2 Å². The van der Waals surface area contributed by atoms with Crippen LogP contribution in [-0.2, 0) is 5.54 Å². The average molecular weight is 417 g/mol. The molecule has 1 aromatic carbocycles. The van der Waals surface area contributed by atoms with Gasteiger partial charge in [-0.05, 0) is 66.4 Å². The molecule has 0 fully saturated rings. The molecule has 3 aromatic rings. The molecule has 2 aromatic heterocycles. The summed E-state index contributed by atoms with van der Waals surface area (Å²) < 4.78 is 30.4. The van der Waals surface area contributed by atoms with Gasteiger partial charge in [-0.2, -0.15) is 8.78 Å². The highest BCUT2D eigenvalue weighted by molar-refractivity contribution is 6.29. The number of fused-ring (bicyclic) bond motifs is 1. The molecule has 4 rings (SSSR count). The van der Waals surface area contributed by atoms with E-state index < -0.39 is 18.3 Å². The third-order valence-electron chi connectivity index (χ3n) is 5.17. The Morgan fingerprint density at radius 1 is 1.10 bits per heavy atom. The van der Waals surface area contributed by atoms with Crippen LogP contribution in [0.1, 0.15) is 39.7 Å². The zero-order valence-corrected chi connectivity index (χ0v) is 16.5. The maximum atomic E-state index is 12.8. The minimum atomic E-state index is -2.89. The number of alkyl halides is 2. The molecular formula is C21H19ClF2N4O. The third kappa shape index (κ3) is 3.25. The fraction of sp³-hybridized carbons (Fsp3) is 0.238. The second kappa shape index (κ2) is 7.33. The standard InChI is InChI=1S/C21H19ClF2N4O/c1-11-8-14(9-12(2)18(11)29-20(23)24)21(13-5-7-26-16(22)10-13)15-4-3-6-27-17(15)19(25)28-21/h3-10,19-20,28H,25H2,1-2H3. The van der Waals surface area contributed by atoms with Crippen molar-refractivity contribution in [1.29, 1.82) is 0 Å². The smallest absolute Gasteiger partial charge is 0.387 e. The molecule has 0 saturated carbocycles. The SMILES string of the molecule is Cc1cc(C2(c3ccnc(Cl)c3)NC(N)c3ncccc32)cc(C)c1OC(F)F. The summed E-state index contributed by atoms with van der Waals surface area (Å²) in [7, 11) is 0. The molecule has 150 valence electrons. The Bertz CT molecular complexity index is 1060. The summed E-state index contributed by atoms with van der Waals surface area (Å²) in [6.07, 6.45) is 2.79. The van der Waals surface area contributed by atoms with Crippen molar-refractivity contribution in [3.8, 4) is 5.75 Å². The van der Waals surface area contributed by atoms with Crippen LogP contribution in [0.4, 0.5) is 8.78 Å². The zero-order chi connectivity index (χ0) is 20.8. The molecule has 1 aliphatic rings. The minimum Gasteiger partial charge on any atom is -0.434 e. The summed E-state index contributed by atoms with van der Waals surface area (Å²) >= 11 is 6.19. The maximum Gasteiger partial charge on any atom is 0.387 e. The fourth-order valence-corrected chi connectivity index (χ4v) is 4.26. The molecule has 3 heterocycles. The first-order valence-corrected chi connectivity index (χ1v) is 9.38. The predicted molar refractivity (Wildman–Crippen MR) is 106 cm³/mol. The summed E-state index contributed by atoms with van der Waals surface area (Å²) in [5, 5.41) is 3.78. The van der Waals surface area contributed by atoms with E-state index in [-0.39, 0.29) is 5.75 Å². The first-order chi connectivity index (χ1) is 13.8. The molecule has 8 heteroatoms. The number of rotatable bonds is 4. The van der Waals surface area contributed by atoms with Crippen LogP contribution >= 0.6 is 11.6 Å². The van der Waals surface area contributed by atoms with Gasteiger partial charge in [0.25, 0.3) is 0 Å². The van der Waals surface area contributed by atoms with Gasteiger partial charge in [-0.15, -0.1) is 0 Å². The maximum absolute atomic E-state index is 12.8.